The highest BCUT2D eigenvalue weighted by molar-refractivity contribution is 5.94. The standard InChI is InChI=1S/C19H33N3O4/c1-13(2)11-19(12-15(23)21-26)9-10-22(18(19)25)16(17(24)20-3)14-7-5-4-6-8-14/h13-14,16,26H,4-12H2,1-3H3,(H,20,24)(H,21,23)/t16-,19-/m1/s1. The van der Waals surface area contributed by atoms with E-state index in [9.17, 15) is 14.4 Å². The molecule has 148 valence electrons. The van der Waals surface area contributed by atoms with Gasteiger partial charge in [0.1, 0.15) is 6.04 Å². The van der Waals surface area contributed by atoms with Crippen LogP contribution < -0.4 is 10.8 Å². The van der Waals surface area contributed by atoms with E-state index in [1.807, 2.05) is 13.8 Å². The zero-order valence-electron chi connectivity index (χ0n) is 16.2. The van der Waals surface area contributed by atoms with Crippen molar-refractivity contribution in [2.45, 2.75) is 71.3 Å². The van der Waals surface area contributed by atoms with Crippen LogP contribution in [-0.4, -0.2) is 47.5 Å². The number of carbonyl (C=O) groups excluding carboxylic acids is 3. The van der Waals surface area contributed by atoms with Gasteiger partial charge in [-0.25, -0.2) is 5.48 Å². The maximum atomic E-state index is 13.4. The van der Waals surface area contributed by atoms with Gasteiger partial charge in [-0.15, -0.1) is 0 Å². The molecule has 2 atom stereocenters. The smallest absolute Gasteiger partial charge is 0.244 e. The van der Waals surface area contributed by atoms with Crippen LogP contribution in [0.3, 0.4) is 0 Å². The molecule has 1 heterocycles. The Labute approximate surface area is 155 Å². The number of hydrogen-bond acceptors (Lipinski definition) is 4. The average Bonchev–Trinajstić information content (AvgIpc) is 2.92. The van der Waals surface area contributed by atoms with Gasteiger partial charge in [-0.3, -0.25) is 19.6 Å². The molecule has 0 aromatic carbocycles. The van der Waals surface area contributed by atoms with Crippen molar-refractivity contribution < 1.29 is 19.6 Å². The van der Waals surface area contributed by atoms with Crippen molar-refractivity contribution in [3.8, 4) is 0 Å². The predicted molar refractivity (Wildman–Crippen MR) is 97.2 cm³/mol. The molecular formula is C19H33N3O4. The molecule has 2 rings (SSSR count). The lowest BCUT2D eigenvalue weighted by Gasteiger charge is -2.37. The van der Waals surface area contributed by atoms with E-state index < -0.39 is 17.4 Å². The molecule has 26 heavy (non-hydrogen) atoms. The summed E-state index contributed by atoms with van der Waals surface area (Å²) in [5.41, 5.74) is 0.831. The first-order valence-electron chi connectivity index (χ1n) is 9.80. The maximum absolute atomic E-state index is 13.4. The lowest BCUT2D eigenvalue weighted by molar-refractivity contribution is -0.148. The zero-order chi connectivity index (χ0) is 19.3. The lowest BCUT2D eigenvalue weighted by Crippen LogP contribution is -2.53. The Morgan fingerprint density at radius 3 is 2.46 bits per heavy atom. The minimum Gasteiger partial charge on any atom is -0.357 e. The molecule has 0 aromatic heterocycles. The molecule has 1 aliphatic carbocycles. The summed E-state index contributed by atoms with van der Waals surface area (Å²) < 4.78 is 0. The Morgan fingerprint density at radius 1 is 1.27 bits per heavy atom. The summed E-state index contributed by atoms with van der Waals surface area (Å²) in [6.07, 6.45) is 6.33. The fourth-order valence-corrected chi connectivity index (χ4v) is 4.87. The second-order valence-electron chi connectivity index (χ2n) is 8.30. The number of likely N-dealkylation sites (N-methyl/N-ethyl adjacent to an activating group) is 1. The monoisotopic (exact) mass is 367 g/mol. The minimum absolute atomic E-state index is 0.0395. The van der Waals surface area contributed by atoms with Gasteiger partial charge in [0, 0.05) is 20.0 Å². The number of carbonyl (C=O) groups is 3. The molecule has 0 spiro atoms. The van der Waals surface area contributed by atoms with Gasteiger partial charge in [0.25, 0.3) is 0 Å². The van der Waals surface area contributed by atoms with Gasteiger partial charge >= 0.3 is 0 Å². The van der Waals surface area contributed by atoms with Crippen molar-refractivity contribution in [1.29, 1.82) is 0 Å². The van der Waals surface area contributed by atoms with Crippen molar-refractivity contribution in [2.24, 2.45) is 17.3 Å². The average molecular weight is 367 g/mol. The first-order valence-corrected chi connectivity index (χ1v) is 9.80. The van der Waals surface area contributed by atoms with Gasteiger partial charge in [-0.1, -0.05) is 33.1 Å². The summed E-state index contributed by atoms with van der Waals surface area (Å²) in [7, 11) is 1.61. The third-order valence-electron chi connectivity index (χ3n) is 5.92. The minimum atomic E-state index is -0.831. The normalized spacial score (nSPS) is 25.4. The SMILES string of the molecule is CNC(=O)[C@@H](C1CCCCC1)N1CC[C@](CC(=O)NO)(CC(C)C)C1=O. The van der Waals surface area contributed by atoms with Crippen molar-refractivity contribution in [1.82, 2.24) is 15.7 Å². The van der Waals surface area contributed by atoms with E-state index in [1.54, 1.807) is 17.4 Å². The first-order chi connectivity index (χ1) is 12.3. The summed E-state index contributed by atoms with van der Waals surface area (Å²) in [6.45, 7) is 4.52. The molecule has 0 unspecified atom stereocenters. The largest absolute Gasteiger partial charge is 0.357 e. The van der Waals surface area contributed by atoms with Gasteiger partial charge in [0.05, 0.1) is 5.41 Å². The van der Waals surface area contributed by atoms with Gasteiger partial charge in [-0.05, 0) is 37.5 Å². The van der Waals surface area contributed by atoms with Gasteiger partial charge in [0.2, 0.25) is 17.7 Å². The molecule has 0 radical (unpaired) electrons. The highest BCUT2D eigenvalue weighted by Crippen LogP contribution is 2.43. The number of amides is 3. The zero-order valence-corrected chi connectivity index (χ0v) is 16.2. The summed E-state index contributed by atoms with van der Waals surface area (Å²) in [6, 6.07) is -0.459. The summed E-state index contributed by atoms with van der Waals surface area (Å²) in [5.74, 6) is -0.367. The van der Waals surface area contributed by atoms with E-state index >= 15 is 0 Å². The fraction of sp³-hybridized carbons (Fsp3) is 0.842. The Bertz CT molecular complexity index is 531. The van der Waals surface area contributed by atoms with Crippen LogP contribution in [0.2, 0.25) is 0 Å². The fourth-order valence-electron chi connectivity index (χ4n) is 4.87. The van der Waals surface area contributed by atoms with Gasteiger partial charge in [0.15, 0.2) is 0 Å². The third-order valence-corrected chi connectivity index (χ3v) is 5.92. The summed E-state index contributed by atoms with van der Waals surface area (Å²) in [4.78, 5) is 39.6. The second-order valence-corrected chi connectivity index (χ2v) is 8.30. The van der Waals surface area contributed by atoms with Crippen LogP contribution in [-0.2, 0) is 14.4 Å². The molecule has 2 fully saturated rings. The molecule has 0 aromatic rings. The Kier molecular flexibility index (Phi) is 7.03. The van der Waals surface area contributed by atoms with Crippen molar-refractivity contribution in [3.63, 3.8) is 0 Å². The van der Waals surface area contributed by atoms with Crippen LogP contribution in [0.25, 0.3) is 0 Å². The maximum Gasteiger partial charge on any atom is 0.244 e. The Balaban J connectivity index is 2.28. The van der Waals surface area contributed by atoms with Crippen LogP contribution in [0.15, 0.2) is 0 Å². The molecule has 1 saturated heterocycles. The van der Waals surface area contributed by atoms with E-state index in [0.717, 1.165) is 25.7 Å². The molecule has 2 aliphatic rings. The Hall–Kier alpha value is -1.63. The molecule has 0 bridgehead atoms. The second kappa shape index (κ2) is 8.84. The number of likely N-dealkylation sites (tertiary alicyclic amines) is 1. The number of nitrogens with zero attached hydrogens (tertiary/aromatic N) is 1. The highest BCUT2D eigenvalue weighted by Gasteiger charge is 2.52. The highest BCUT2D eigenvalue weighted by atomic mass is 16.5. The van der Waals surface area contributed by atoms with Gasteiger partial charge < -0.3 is 10.2 Å². The quantitative estimate of drug-likeness (QED) is 0.472. The van der Waals surface area contributed by atoms with Crippen LogP contribution in [0.1, 0.15) is 65.2 Å². The number of hydrogen-bond donors (Lipinski definition) is 3. The predicted octanol–water partition coefficient (Wildman–Crippen LogP) is 1.84. The molecule has 3 N–H and O–H groups in total. The molecule has 1 aliphatic heterocycles. The van der Waals surface area contributed by atoms with Gasteiger partial charge in [-0.2, -0.15) is 0 Å². The summed E-state index contributed by atoms with van der Waals surface area (Å²) >= 11 is 0. The van der Waals surface area contributed by atoms with E-state index in [0.29, 0.717) is 19.4 Å². The molecule has 7 heteroatoms. The van der Waals surface area contributed by atoms with E-state index in [4.69, 9.17) is 5.21 Å². The topological polar surface area (TPSA) is 98.7 Å². The first kappa shape index (κ1) is 20.7. The van der Waals surface area contributed by atoms with E-state index in [-0.39, 0.29) is 30.1 Å². The van der Waals surface area contributed by atoms with Crippen molar-refractivity contribution in [2.75, 3.05) is 13.6 Å². The number of rotatable bonds is 7. The van der Waals surface area contributed by atoms with Crippen molar-refractivity contribution >= 4 is 17.7 Å². The van der Waals surface area contributed by atoms with Crippen molar-refractivity contribution in [3.05, 3.63) is 0 Å². The van der Waals surface area contributed by atoms with Crippen LogP contribution in [0.4, 0.5) is 0 Å². The molecular weight excluding hydrogens is 334 g/mol. The molecule has 3 amide bonds. The Morgan fingerprint density at radius 2 is 1.92 bits per heavy atom. The molecule has 7 nitrogen and oxygen atoms in total. The third kappa shape index (κ3) is 4.37. The number of hydroxylamine groups is 1. The van der Waals surface area contributed by atoms with E-state index in [2.05, 4.69) is 5.32 Å². The summed E-state index contributed by atoms with van der Waals surface area (Å²) in [5, 5.41) is 11.7. The molecule has 1 saturated carbocycles. The van der Waals surface area contributed by atoms with Crippen LogP contribution >= 0.6 is 0 Å². The lowest BCUT2D eigenvalue weighted by atomic mass is 9.75. The van der Waals surface area contributed by atoms with Crippen LogP contribution in [0.5, 0.6) is 0 Å². The number of nitrogens with one attached hydrogen (secondary N) is 2. The van der Waals surface area contributed by atoms with Crippen LogP contribution in [0, 0.1) is 17.3 Å². The van der Waals surface area contributed by atoms with E-state index in [1.165, 1.54) is 6.42 Å².